The molecule has 25 nitrogen and oxygen atoms in total. The molecule has 5 fully saturated rings. The summed E-state index contributed by atoms with van der Waals surface area (Å²) < 4.78 is 50.8. The van der Waals surface area contributed by atoms with E-state index in [1.54, 1.807) is 13.8 Å². The Labute approximate surface area is 330 Å². The van der Waals surface area contributed by atoms with Crippen LogP contribution in [0.15, 0.2) is 0 Å². The van der Waals surface area contributed by atoms with Crippen LogP contribution in [-0.4, -0.2) is 268 Å². The van der Waals surface area contributed by atoms with Crippen molar-refractivity contribution in [2.75, 3.05) is 33.0 Å². The van der Waals surface area contributed by atoms with Gasteiger partial charge in [0, 0.05) is 0 Å². The summed E-state index contributed by atoms with van der Waals surface area (Å²) >= 11 is 0. The maximum absolute atomic E-state index is 11.2. The zero-order chi connectivity index (χ0) is 42.9. The van der Waals surface area contributed by atoms with Gasteiger partial charge in [-0.3, -0.25) is 0 Å². The van der Waals surface area contributed by atoms with Crippen molar-refractivity contribution < 1.29 is 124 Å². The number of rotatable bonds is 14. The van der Waals surface area contributed by atoms with Crippen molar-refractivity contribution in [3.8, 4) is 0 Å². The van der Waals surface area contributed by atoms with Crippen molar-refractivity contribution in [1.82, 2.24) is 0 Å². The molecule has 340 valence electrons. The highest BCUT2D eigenvalue weighted by molar-refractivity contribution is 4.98. The zero-order valence-corrected chi connectivity index (χ0v) is 31.4. The molecule has 0 bridgehead atoms. The third-order valence-electron chi connectivity index (χ3n) is 11.0. The van der Waals surface area contributed by atoms with Crippen molar-refractivity contribution in [1.29, 1.82) is 0 Å². The molecule has 0 amide bonds. The molecule has 0 radical (unpaired) electrons. The number of aliphatic hydroxyl groups is 16. The molecule has 25 atom stereocenters. The molecule has 0 aromatic heterocycles. The highest BCUT2D eigenvalue weighted by Gasteiger charge is 2.55. The standard InChI is InChI=1S/C33H58O25/c1-8(2)27-24(47)19(42)17(40)12(52-27)6-50-30-25(48)21(44)18(41)13(56-30)7-51-32-28(22(45)15(38)10(4-35)54-32)58-33-29(23(46)16(39)11(5-36)55-33)57-31-26(49)20(43)14(37)9(3-34)53-31/h8-49H,3-7H2,1-2H3/t9?,10?,11?,12?,13?,14-,15-,16-,17-,18-,19?,20?,21?,22?,23?,24+,25+,26+,27-,28+,29+,30+,31-,32+,33-/m0/s1. The lowest BCUT2D eigenvalue weighted by Crippen LogP contribution is -2.67. The van der Waals surface area contributed by atoms with Crippen LogP contribution < -0.4 is 0 Å². The summed E-state index contributed by atoms with van der Waals surface area (Å²) in [5.41, 5.74) is 0. The number of hydrogen-bond acceptors (Lipinski definition) is 25. The molecule has 0 saturated carbocycles. The van der Waals surface area contributed by atoms with Crippen LogP contribution in [0.25, 0.3) is 0 Å². The summed E-state index contributed by atoms with van der Waals surface area (Å²) in [6.45, 7) is -0.544. The summed E-state index contributed by atoms with van der Waals surface area (Å²) in [7, 11) is 0. The fraction of sp³-hybridized carbons (Fsp3) is 1.00. The summed E-state index contributed by atoms with van der Waals surface area (Å²) in [6, 6.07) is 0. The molecule has 58 heavy (non-hydrogen) atoms. The monoisotopic (exact) mass is 854 g/mol. The van der Waals surface area contributed by atoms with Gasteiger partial charge < -0.3 is 124 Å². The fourth-order valence-corrected chi connectivity index (χ4v) is 7.38. The van der Waals surface area contributed by atoms with Crippen molar-refractivity contribution in [3.05, 3.63) is 0 Å². The van der Waals surface area contributed by atoms with Gasteiger partial charge in [0.15, 0.2) is 25.2 Å². The van der Waals surface area contributed by atoms with E-state index in [0.717, 1.165) is 0 Å². The molecule has 25 heteroatoms. The molecular weight excluding hydrogens is 796 g/mol. The number of ether oxygens (including phenoxy) is 9. The summed E-state index contributed by atoms with van der Waals surface area (Å²) in [4.78, 5) is 0. The predicted octanol–water partition coefficient (Wildman–Crippen LogP) is -10.2. The Kier molecular flexibility index (Phi) is 16.9. The Balaban J connectivity index is 1.31. The first-order valence-corrected chi connectivity index (χ1v) is 18.8. The van der Waals surface area contributed by atoms with Crippen molar-refractivity contribution in [2.24, 2.45) is 5.92 Å². The second-order valence-corrected chi connectivity index (χ2v) is 15.3. The van der Waals surface area contributed by atoms with Crippen LogP contribution in [-0.2, 0) is 42.6 Å². The minimum atomic E-state index is -2.03. The van der Waals surface area contributed by atoms with E-state index in [2.05, 4.69) is 0 Å². The molecule has 5 aliphatic heterocycles. The smallest absolute Gasteiger partial charge is 0.187 e. The van der Waals surface area contributed by atoms with Crippen LogP contribution in [0.1, 0.15) is 13.8 Å². The Morgan fingerprint density at radius 1 is 0.362 bits per heavy atom. The first-order valence-electron chi connectivity index (χ1n) is 18.8. The Morgan fingerprint density at radius 2 is 0.707 bits per heavy atom. The van der Waals surface area contributed by atoms with Gasteiger partial charge in [0.05, 0.1) is 39.1 Å². The maximum atomic E-state index is 11.2. The van der Waals surface area contributed by atoms with Crippen LogP contribution >= 0.6 is 0 Å². The van der Waals surface area contributed by atoms with E-state index in [9.17, 15) is 81.7 Å². The quantitative estimate of drug-likeness (QED) is 0.0771. The molecule has 5 rings (SSSR count). The molecule has 0 spiro atoms. The highest BCUT2D eigenvalue weighted by Crippen LogP contribution is 2.34. The van der Waals surface area contributed by atoms with Crippen molar-refractivity contribution in [3.63, 3.8) is 0 Å². The van der Waals surface area contributed by atoms with Gasteiger partial charge in [-0.05, 0) is 5.92 Å². The van der Waals surface area contributed by atoms with Gasteiger partial charge >= 0.3 is 0 Å². The first-order chi connectivity index (χ1) is 27.4. The lowest BCUT2D eigenvalue weighted by atomic mass is 9.89. The van der Waals surface area contributed by atoms with Gasteiger partial charge in [-0.2, -0.15) is 0 Å². The largest absolute Gasteiger partial charge is 0.394 e. The average molecular weight is 855 g/mol. The lowest BCUT2D eigenvalue weighted by molar-refractivity contribution is -0.395. The first kappa shape index (κ1) is 48.0. The van der Waals surface area contributed by atoms with Crippen LogP contribution in [0.4, 0.5) is 0 Å². The van der Waals surface area contributed by atoms with E-state index in [0.29, 0.717) is 0 Å². The predicted molar refractivity (Wildman–Crippen MR) is 179 cm³/mol. The SMILES string of the molecule is CC(C)[C@@H]1OC(CO[C@@H]2OC(CO[C@@H]3OC(CO)[C@H](O)C(O)[C@H]3O[C@@H]3OC(CO)[C@H](O)C(O)[C@H]3O[C@@H]3OC(CO)[C@H](O)C(O)[C@H]3O)[C@H](O)C(O)[C@H]2O)[C@H](O)C(O)[C@H]1O. The Morgan fingerprint density at radius 3 is 1.21 bits per heavy atom. The Hall–Kier alpha value is -1.00. The molecule has 0 aliphatic carbocycles. The van der Waals surface area contributed by atoms with Crippen molar-refractivity contribution >= 4 is 0 Å². The number of hydrogen-bond donors (Lipinski definition) is 16. The van der Waals surface area contributed by atoms with Gasteiger partial charge in [-0.15, -0.1) is 0 Å². The average Bonchev–Trinajstić information content (AvgIpc) is 3.20. The number of aliphatic hydroxyl groups excluding tert-OH is 16. The maximum Gasteiger partial charge on any atom is 0.187 e. The molecule has 0 aromatic carbocycles. The van der Waals surface area contributed by atoms with E-state index in [1.807, 2.05) is 0 Å². The van der Waals surface area contributed by atoms with E-state index in [-0.39, 0.29) is 5.92 Å². The molecular formula is C33H58O25. The normalized spacial score (nSPS) is 51.9. The summed E-state index contributed by atoms with van der Waals surface area (Å²) in [5.74, 6) is -0.298. The van der Waals surface area contributed by atoms with E-state index >= 15 is 0 Å². The van der Waals surface area contributed by atoms with Gasteiger partial charge in [0.2, 0.25) is 0 Å². The van der Waals surface area contributed by atoms with E-state index in [1.165, 1.54) is 0 Å². The molecule has 0 aromatic rings. The van der Waals surface area contributed by atoms with Crippen LogP contribution in [0, 0.1) is 5.92 Å². The molecule has 5 heterocycles. The van der Waals surface area contributed by atoms with Crippen molar-refractivity contribution in [2.45, 2.75) is 167 Å². The second-order valence-electron chi connectivity index (χ2n) is 15.3. The van der Waals surface area contributed by atoms with E-state index in [4.69, 9.17) is 42.6 Å². The van der Waals surface area contributed by atoms with Crippen LogP contribution in [0.5, 0.6) is 0 Å². The van der Waals surface area contributed by atoms with Gasteiger partial charge in [0.25, 0.3) is 0 Å². The molecule has 16 N–H and O–H groups in total. The summed E-state index contributed by atoms with van der Waals surface area (Å²) in [6.07, 6.45) is -43.5. The van der Waals surface area contributed by atoms with Crippen LogP contribution in [0.2, 0.25) is 0 Å². The second kappa shape index (κ2) is 20.5. The Bertz CT molecular complexity index is 1250. The third-order valence-corrected chi connectivity index (χ3v) is 11.0. The van der Waals surface area contributed by atoms with Gasteiger partial charge in [-0.25, -0.2) is 0 Å². The third kappa shape index (κ3) is 9.94. The van der Waals surface area contributed by atoms with Crippen LogP contribution in [0.3, 0.4) is 0 Å². The fourth-order valence-electron chi connectivity index (χ4n) is 7.38. The zero-order valence-electron chi connectivity index (χ0n) is 31.4. The minimum Gasteiger partial charge on any atom is -0.394 e. The van der Waals surface area contributed by atoms with Gasteiger partial charge in [0.1, 0.15) is 122 Å². The molecule has 10 unspecified atom stereocenters. The minimum absolute atomic E-state index is 0.298. The topological polar surface area (TPSA) is 407 Å². The van der Waals surface area contributed by atoms with Gasteiger partial charge in [-0.1, -0.05) is 13.8 Å². The van der Waals surface area contributed by atoms with E-state index < -0.39 is 186 Å². The lowest BCUT2D eigenvalue weighted by Gasteiger charge is -2.48. The molecule has 5 aliphatic rings. The summed E-state index contributed by atoms with van der Waals surface area (Å²) in [5, 5.41) is 167. The molecule has 5 saturated heterocycles. The highest BCUT2D eigenvalue weighted by atomic mass is 16.8.